The Morgan fingerprint density at radius 2 is 2.14 bits per heavy atom. The van der Waals surface area contributed by atoms with Gasteiger partial charge in [0.1, 0.15) is 5.69 Å². The molecule has 0 saturated carbocycles. The number of pyridine rings is 1. The second kappa shape index (κ2) is 4.19. The molecule has 6 heteroatoms. The molecule has 1 aromatic heterocycles. The molecule has 2 nitrogen and oxygen atoms in total. The summed E-state index contributed by atoms with van der Waals surface area (Å²) in [6.07, 6.45) is -1.77. The zero-order chi connectivity index (χ0) is 10.9. The molecule has 0 atom stereocenters. The lowest BCUT2D eigenvalue weighted by Crippen LogP contribution is -2.01. The van der Waals surface area contributed by atoms with Crippen molar-refractivity contribution in [3.8, 4) is 0 Å². The average molecular weight is 240 g/mol. The fourth-order valence-electron chi connectivity index (χ4n) is 0.959. The molecule has 1 heterocycles. The molecule has 0 aliphatic rings. The summed E-state index contributed by atoms with van der Waals surface area (Å²) >= 11 is 10.8. The molecule has 0 radical (unpaired) electrons. The van der Waals surface area contributed by atoms with Crippen molar-refractivity contribution in [1.29, 1.82) is 0 Å². The van der Waals surface area contributed by atoms with Gasteiger partial charge in [0.15, 0.2) is 0 Å². The molecular formula is C8H5Cl2F2NO. The first-order chi connectivity index (χ1) is 6.45. The fraction of sp³-hybridized carbons (Fsp3) is 0.250. The molecule has 0 aliphatic carbocycles. The first-order valence-electron chi connectivity index (χ1n) is 3.58. The Morgan fingerprint density at radius 3 is 2.57 bits per heavy atom. The van der Waals surface area contributed by atoms with Gasteiger partial charge in [-0.25, -0.2) is 8.78 Å². The highest BCUT2D eigenvalue weighted by atomic mass is 35.5. The minimum atomic E-state index is -2.72. The standard InChI is InChI=1S/C8H5Cl2F2NO/c1-3-5(9)4(7(10)14)2-13-6(3)8(11)12/h2,8H,1H3. The third kappa shape index (κ3) is 2.01. The van der Waals surface area contributed by atoms with E-state index in [0.717, 1.165) is 6.20 Å². The van der Waals surface area contributed by atoms with Crippen LogP contribution < -0.4 is 0 Å². The van der Waals surface area contributed by atoms with E-state index in [0.29, 0.717) is 0 Å². The Bertz CT molecular complexity index is 382. The quantitative estimate of drug-likeness (QED) is 0.742. The predicted molar refractivity (Wildman–Crippen MR) is 49.1 cm³/mol. The number of hydrogen-bond acceptors (Lipinski definition) is 2. The van der Waals surface area contributed by atoms with E-state index < -0.39 is 17.4 Å². The maximum atomic E-state index is 12.3. The van der Waals surface area contributed by atoms with Crippen LogP contribution in [0.1, 0.15) is 28.0 Å². The van der Waals surface area contributed by atoms with Crippen LogP contribution in [-0.2, 0) is 0 Å². The summed E-state index contributed by atoms with van der Waals surface area (Å²) < 4.78 is 24.6. The molecule has 0 fully saturated rings. The van der Waals surface area contributed by atoms with E-state index in [-0.39, 0.29) is 16.1 Å². The van der Waals surface area contributed by atoms with E-state index >= 15 is 0 Å². The van der Waals surface area contributed by atoms with Gasteiger partial charge in [0.25, 0.3) is 11.7 Å². The van der Waals surface area contributed by atoms with Crippen molar-refractivity contribution in [3.63, 3.8) is 0 Å². The van der Waals surface area contributed by atoms with Crippen LogP contribution in [-0.4, -0.2) is 10.2 Å². The number of carbonyl (C=O) groups is 1. The third-order valence-corrected chi connectivity index (χ3v) is 2.39. The topological polar surface area (TPSA) is 30.0 Å². The summed E-state index contributed by atoms with van der Waals surface area (Å²) in [5, 5.41) is -0.887. The van der Waals surface area contributed by atoms with E-state index in [4.69, 9.17) is 23.2 Å². The smallest absolute Gasteiger partial charge is 0.275 e. The maximum Gasteiger partial charge on any atom is 0.280 e. The van der Waals surface area contributed by atoms with Gasteiger partial charge in [-0.05, 0) is 24.1 Å². The van der Waals surface area contributed by atoms with Crippen molar-refractivity contribution in [1.82, 2.24) is 4.98 Å². The number of halogens is 4. The lowest BCUT2D eigenvalue weighted by molar-refractivity contribution is 0.108. The predicted octanol–water partition coefficient (Wildman–Crippen LogP) is 3.36. The number of carbonyl (C=O) groups excluding carboxylic acids is 1. The second-order valence-corrected chi connectivity index (χ2v) is 3.29. The number of nitrogens with zero attached hydrogens (tertiary/aromatic N) is 1. The Morgan fingerprint density at radius 1 is 1.57 bits per heavy atom. The van der Waals surface area contributed by atoms with Crippen molar-refractivity contribution in [2.24, 2.45) is 0 Å². The van der Waals surface area contributed by atoms with Crippen molar-refractivity contribution in [2.75, 3.05) is 0 Å². The zero-order valence-corrected chi connectivity index (χ0v) is 8.53. The van der Waals surface area contributed by atoms with Gasteiger partial charge >= 0.3 is 0 Å². The summed E-state index contributed by atoms with van der Waals surface area (Å²) in [4.78, 5) is 14.2. The molecular weight excluding hydrogens is 235 g/mol. The van der Waals surface area contributed by atoms with Gasteiger partial charge < -0.3 is 0 Å². The van der Waals surface area contributed by atoms with Crippen LogP contribution in [0.2, 0.25) is 5.02 Å². The molecule has 0 aliphatic heterocycles. The molecule has 0 amide bonds. The van der Waals surface area contributed by atoms with Crippen LogP contribution in [0, 0.1) is 6.92 Å². The highest BCUT2D eigenvalue weighted by Gasteiger charge is 2.18. The molecule has 0 aromatic carbocycles. The van der Waals surface area contributed by atoms with Crippen LogP contribution >= 0.6 is 23.2 Å². The lowest BCUT2D eigenvalue weighted by Gasteiger charge is -2.07. The Hall–Kier alpha value is -0.740. The van der Waals surface area contributed by atoms with Crippen molar-refractivity contribution in [3.05, 3.63) is 28.0 Å². The summed E-state index contributed by atoms with van der Waals surface area (Å²) in [5.74, 6) is 0. The molecule has 14 heavy (non-hydrogen) atoms. The van der Waals surface area contributed by atoms with Gasteiger partial charge in [-0.15, -0.1) is 0 Å². The molecule has 0 bridgehead atoms. The van der Waals surface area contributed by atoms with Crippen molar-refractivity contribution in [2.45, 2.75) is 13.3 Å². The van der Waals surface area contributed by atoms with Crippen LogP contribution in [0.5, 0.6) is 0 Å². The second-order valence-electron chi connectivity index (χ2n) is 2.57. The van der Waals surface area contributed by atoms with E-state index in [1.807, 2.05) is 0 Å². The Labute approximate surface area is 88.8 Å². The lowest BCUT2D eigenvalue weighted by atomic mass is 10.1. The van der Waals surface area contributed by atoms with E-state index in [1.54, 1.807) is 0 Å². The SMILES string of the molecule is Cc1c(C(F)F)ncc(C(=O)Cl)c1Cl. The Kier molecular flexibility index (Phi) is 3.39. The maximum absolute atomic E-state index is 12.3. The monoisotopic (exact) mass is 239 g/mol. The fourth-order valence-corrected chi connectivity index (χ4v) is 1.38. The number of rotatable bonds is 2. The Balaban J connectivity index is 3.33. The van der Waals surface area contributed by atoms with Gasteiger partial charge in [-0.1, -0.05) is 11.6 Å². The summed E-state index contributed by atoms with van der Waals surface area (Å²) in [7, 11) is 0. The summed E-state index contributed by atoms with van der Waals surface area (Å²) in [5.41, 5.74) is -0.417. The van der Waals surface area contributed by atoms with Crippen LogP contribution in [0.15, 0.2) is 6.20 Å². The normalized spacial score (nSPS) is 10.7. The molecule has 0 saturated heterocycles. The minimum Gasteiger partial charge on any atom is -0.275 e. The van der Waals surface area contributed by atoms with E-state index in [9.17, 15) is 13.6 Å². The van der Waals surface area contributed by atoms with Gasteiger partial charge in [0.2, 0.25) is 0 Å². The molecule has 0 unspecified atom stereocenters. The zero-order valence-electron chi connectivity index (χ0n) is 7.02. The highest BCUT2D eigenvalue weighted by Crippen LogP contribution is 2.28. The minimum absolute atomic E-state index is 0.0600. The van der Waals surface area contributed by atoms with Crippen LogP contribution in [0.3, 0.4) is 0 Å². The number of alkyl halides is 2. The number of aromatic nitrogens is 1. The van der Waals surface area contributed by atoms with Crippen LogP contribution in [0.25, 0.3) is 0 Å². The van der Waals surface area contributed by atoms with Gasteiger partial charge in [0, 0.05) is 6.20 Å². The summed E-state index contributed by atoms with van der Waals surface area (Å²) in [6, 6.07) is 0. The van der Waals surface area contributed by atoms with E-state index in [1.165, 1.54) is 6.92 Å². The van der Waals surface area contributed by atoms with E-state index in [2.05, 4.69) is 4.98 Å². The van der Waals surface area contributed by atoms with Gasteiger partial charge in [-0.3, -0.25) is 9.78 Å². The molecule has 0 spiro atoms. The van der Waals surface area contributed by atoms with Gasteiger partial charge in [-0.2, -0.15) is 0 Å². The first kappa shape index (κ1) is 11.3. The molecule has 1 aromatic rings. The highest BCUT2D eigenvalue weighted by molar-refractivity contribution is 6.68. The van der Waals surface area contributed by atoms with Gasteiger partial charge in [0.05, 0.1) is 10.6 Å². The molecule has 0 N–H and O–H groups in total. The first-order valence-corrected chi connectivity index (χ1v) is 4.33. The van der Waals surface area contributed by atoms with Crippen molar-refractivity contribution < 1.29 is 13.6 Å². The number of hydrogen-bond donors (Lipinski definition) is 0. The third-order valence-electron chi connectivity index (χ3n) is 1.70. The summed E-state index contributed by atoms with van der Waals surface area (Å²) in [6.45, 7) is 1.36. The average Bonchev–Trinajstić information content (AvgIpc) is 2.08. The van der Waals surface area contributed by atoms with Crippen LogP contribution in [0.4, 0.5) is 8.78 Å². The molecule has 76 valence electrons. The largest absolute Gasteiger partial charge is 0.280 e. The molecule has 1 rings (SSSR count). The van der Waals surface area contributed by atoms with Crippen molar-refractivity contribution >= 4 is 28.4 Å².